The average molecular weight is 344 g/mol. The molecule has 7 nitrogen and oxygen atoms in total. The van der Waals surface area contributed by atoms with Crippen molar-refractivity contribution in [2.45, 2.75) is 40.5 Å². The lowest BCUT2D eigenvalue weighted by Crippen LogP contribution is -2.47. The van der Waals surface area contributed by atoms with Crippen LogP contribution in [0.3, 0.4) is 0 Å². The third-order valence-electron chi connectivity index (χ3n) is 5.99. The molecule has 2 saturated carbocycles. The van der Waals surface area contributed by atoms with Crippen LogP contribution in [0.2, 0.25) is 0 Å². The van der Waals surface area contributed by atoms with E-state index in [-0.39, 0.29) is 11.4 Å². The van der Waals surface area contributed by atoms with Crippen LogP contribution >= 0.6 is 0 Å². The van der Waals surface area contributed by atoms with Crippen molar-refractivity contribution in [1.82, 2.24) is 0 Å². The van der Waals surface area contributed by atoms with Gasteiger partial charge in [0, 0.05) is 12.0 Å². The summed E-state index contributed by atoms with van der Waals surface area (Å²) in [4.78, 5) is 48.6. The van der Waals surface area contributed by atoms with Crippen LogP contribution in [0.25, 0.3) is 0 Å². The highest BCUT2D eigenvalue weighted by Gasteiger charge is 2.72. The summed E-state index contributed by atoms with van der Waals surface area (Å²) < 4.78 is 0. The molecule has 1 N–H and O–H groups in total. The van der Waals surface area contributed by atoms with Crippen LogP contribution in [0, 0.1) is 40.7 Å². The number of benzene rings is 1. The summed E-state index contributed by atoms with van der Waals surface area (Å²) in [6.07, 6.45) is 0.778. The highest BCUT2D eigenvalue weighted by molar-refractivity contribution is 6.48. The molecular weight excluding hydrogens is 324 g/mol. The molecule has 1 aromatic carbocycles. The van der Waals surface area contributed by atoms with E-state index in [0.29, 0.717) is 24.0 Å². The number of Topliss-reactive ketones (excluding diaryl/α,β-unsaturated/α-hetero) is 2. The number of hydrogen-bond donors (Lipinski definition) is 1. The SMILES string of the molecule is Cc1cc(C)c(NC(=O)C23CCC(C(=O)C2=O)C3(C)C)c([N+](=O)[O-])c1. The molecule has 2 aliphatic rings. The van der Waals surface area contributed by atoms with E-state index in [1.807, 2.05) is 0 Å². The van der Waals surface area contributed by atoms with Crippen molar-refractivity contribution >= 4 is 28.8 Å². The number of carbonyl (C=O) groups is 3. The average Bonchev–Trinajstić information content (AvgIpc) is 2.85. The summed E-state index contributed by atoms with van der Waals surface area (Å²) in [5.41, 5.74) is -1.12. The number of aryl methyl sites for hydroxylation is 2. The Balaban J connectivity index is 2.06. The molecule has 0 aliphatic heterocycles. The van der Waals surface area contributed by atoms with Gasteiger partial charge in [-0.2, -0.15) is 0 Å². The molecule has 2 atom stereocenters. The molecular formula is C18H20N2O5. The molecule has 1 aromatic rings. The monoisotopic (exact) mass is 344 g/mol. The standard InChI is InChI=1S/C18H20N2O5/c1-9-7-10(2)13(12(8-9)20(24)25)19-16(23)18-6-5-11(17(18,3)4)14(21)15(18)22/h7-8,11H,5-6H2,1-4H3,(H,19,23). The van der Waals surface area contributed by atoms with Crippen molar-refractivity contribution in [3.8, 4) is 0 Å². The minimum absolute atomic E-state index is 0.0846. The van der Waals surface area contributed by atoms with E-state index in [1.165, 1.54) is 6.07 Å². The van der Waals surface area contributed by atoms with Crippen molar-refractivity contribution in [1.29, 1.82) is 0 Å². The fourth-order valence-corrected chi connectivity index (χ4v) is 4.56. The van der Waals surface area contributed by atoms with Gasteiger partial charge in [-0.25, -0.2) is 0 Å². The normalized spacial score (nSPS) is 26.8. The number of nitro groups is 1. The Bertz CT molecular complexity index is 842. The topological polar surface area (TPSA) is 106 Å². The van der Waals surface area contributed by atoms with Crippen molar-refractivity contribution in [2.75, 3.05) is 5.32 Å². The van der Waals surface area contributed by atoms with Gasteiger partial charge in [-0.3, -0.25) is 24.5 Å². The molecule has 0 aromatic heterocycles. The smallest absolute Gasteiger partial charge is 0.293 e. The van der Waals surface area contributed by atoms with Crippen molar-refractivity contribution in [3.05, 3.63) is 33.4 Å². The fraction of sp³-hybridized carbons (Fsp3) is 0.500. The number of nitrogens with one attached hydrogen (secondary N) is 1. The Kier molecular flexibility index (Phi) is 3.60. The fourth-order valence-electron chi connectivity index (χ4n) is 4.56. The first-order valence-corrected chi connectivity index (χ1v) is 8.19. The molecule has 0 heterocycles. The molecule has 7 heteroatoms. The highest BCUT2D eigenvalue weighted by Crippen LogP contribution is 2.62. The maximum Gasteiger partial charge on any atom is 0.293 e. The number of rotatable bonds is 3. The van der Waals surface area contributed by atoms with E-state index in [9.17, 15) is 24.5 Å². The number of nitro benzene ring substituents is 1. The second kappa shape index (κ2) is 5.21. The molecule has 2 unspecified atom stereocenters. The minimum atomic E-state index is -1.44. The van der Waals surface area contributed by atoms with E-state index in [1.54, 1.807) is 33.8 Å². The van der Waals surface area contributed by atoms with Gasteiger partial charge in [0.25, 0.3) is 5.69 Å². The van der Waals surface area contributed by atoms with E-state index < -0.39 is 39.1 Å². The lowest BCUT2D eigenvalue weighted by atomic mass is 9.68. The van der Waals surface area contributed by atoms with Gasteiger partial charge in [-0.05, 0) is 43.2 Å². The maximum atomic E-state index is 13.1. The molecule has 3 rings (SSSR count). The third-order valence-corrected chi connectivity index (χ3v) is 5.99. The summed E-state index contributed by atoms with van der Waals surface area (Å²) in [5, 5.41) is 14.0. The highest BCUT2D eigenvalue weighted by atomic mass is 16.6. The van der Waals surface area contributed by atoms with E-state index in [0.717, 1.165) is 0 Å². The Morgan fingerprint density at radius 2 is 1.92 bits per heavy atom. The summed E-state index contributed by atoms with van der Waals surface area (Å²) in [5.74, 6) is -2.24. The van der Waals surface area contributed by atoms with Gasteiger partial charge in [-0.15, -0.1) is 0 Å². The molecule has 2 fully saturated rings. The van der Waals surface area contributed by atoms with Crippen LogP contribution < -0.4 is 5.32 Å². The molecule has 1 amide bonds. The number of ketones is 2. The van der Waals surface area contributed by atoms with Crippen LogP contribution in [0.4, 0.5) is 11.4 Å². The zero-order valence-corrected chi connectivity index (χ0v) is 14.6. The van der Waals surface area contributed by atoms with Gasteiger partial charge in [0.05, 0.1) is 4.92 Å². The number of carbonyl (C=O) groups excluding carboxylic acids is 3. The Morgan fingerprint density at radius 3 is 2.44 bits per heavy atom. The number of nitrogens with zero attached hydrogens (tertiary/aromatic N) is 1. The van der Waals surface area contributed by atoms with Crippen LogP contribution in [0.15, 0.2) is 12.1 Å². The van der Waals surface area contributed by atoms with Gasteiger partial charge < -0.3 is 5.32 Å². The minimum Gasteiger partial charge on any atom is -0.319 e. The molecule has 2 aliphatic carbocycles. The molecule has 132 valence electrons. The Hall–Kier alpha value is -2.57. The largest absolute Gasteiger partial charge is 0.319 e. The predicted molar refractivity (Wildman–Crippen MR) is 90.2 cm³/mol. The van der Waals surface area contributed by atoms with Crippen LogP contribution in [0.1, 0.15) is 37.8 Å². The number of fused-ring (bicyclic) bond motifs is 2. The van der Waals surface area contributed by atoms with E-state index in [4.69, 9.17) is 0 Å². The van der Waals surface area contributed by atoms with Crippen molar-refractivity contribution in [3.63, 3.8) is 0 Å². The second-order valence-corrected chi connectivity index (χ2v) is 7.60. The zero-order valence-electron chi connectivity index (χ0n) is 14.6. The summed E-state index contributed by atoms with van der Waals surface area (Å²) in [6.45, 7) is 6.90. The summed E-state index contributed by atoms with van der Waals surface area (Å²) >= 11 is 0. The van der Waals surface area contributed by atoms with Crippen LogP contribution in [-0.2, 0) is 14.4 Å². The van der Waals surface area contributed by atoms with Gasteiger partial charge in [-0.1, -0.05) is 19.9 Å². The molecule has 2 bridgehead atoms. The van der Waals surface area contributed by atoms with Gasteiger partial charge >= 0.3 is 0 Å². The van der Waals surface area contributed by atoms with E-state index >= 15 is 0 Å². The first-order chi connectivity index (χ1) is 11.5. The lowest BCUT2D eigenvalue weighted by molar-refractivity contribution is -0.384. The van der Waals surface area contributed by atoms with Gasteiger partial charge in [0.1, 0.15) is 11.1 Å². The van der Waals surface area contributed by atoms with Crippen LogP contribution in [0.5, 0.6) is 0 Å². The predicted octanol–water partition coefficient (Wildman–Crippen LogP) is 2.72. The summed E-state index contributed by atoms with van der Waals surface area (Å²) in [7, 11) is 0. The first kappa shape index (κ1) is 17.3. The second-order valence-electron chi connectivity index (χ2n) is 7.60. The number of amides is 1. The maximum absolute atomic E-state index is 13.1. The number of anilines is 1. The van der Waals surface area contributed by atoms with E-state index in [2.05, 4.69) is 5.32 Å². The van der Waals surface area contributed by atoms with Crippen LogP contribution in [-0.4, -0.2) is 22.4 Å². The Morgan fingerprint density at radius 1 is 1.28 bits per heavy atom. The zero-order chi connectivity index (χ0) is 18.7. The van der Waals surface area contributed by atoms with Crippen molar-refractivity contribution < 1.29 is 19.3 Å². The molecule has 0 spiro atoms. The third kappa shape index (κ3) is 2.08. The quantitative estimate of drug-likeness (QED) is 0.393. The molecule has 0 saturated heterocycles. The number of hydrogen-bond acceptors (Lipinski definition) is 5. The molecule has 25 heavy (non-hydrogen) atoms. The Labute approximate surface area is 144 Å². The van der Waals surface area contributed by atoms with Crippen molar-refractivity contribution in [2.24, 2.45) is 16.7 Å². The molecule has 0 radical (unpaired) electrons. The first-order valence-electron chi connectivity index (χ1n) is 8.19. The summed E-state index contributed by atoms with van der Waals surface area (Å²) in [6, 6.07) is 3.11. The van der Waals surface area contributed by atoms with Gasteiger partial charge in [0.15, 0.2) is 0 Å². The van der Waals surface area contributed by atoms with Gasteiger partial charge in [0.2, 0.25) is 17.5 Å². The lowest BCUT2D eigenvalue weighted by Gasteiger charge is -2.33.